The number of anilines is 3. The highest BCUT2D eigenvalue weighted by Gasteiger charge is 1.96. The van der Waals surface area contributed by atoms with Gasteiger partial charge in [0.25, 0.3) is 0 Å². The van der Waals surface area contributed by atoms with Crippen molar-refractivity contribution < 1.29 is 0 Å². The van der Waals surface area contributed by atoms with Crippen molar-refractivity contribution in [2.24, 2.45) is 0 Å². The third-order valence-corrected chi connectivity index (χ3v) is 1.98. The zero-order chi connectivity index (χ0) is 10.7. The summed E-state index contributed by atoms with van der Waals surface area (Å²) >= 11 is 0. The van der Waals surface area contributed by atoms with E-state index in [2.05, 4.69) is 15.5 Å². The van der Waals surface area contributed by atoms with E-state index in [1.807, 2.05) is 31.2 Å². The molecule has 0 radical (unpaired) electrons. The molecule has 76 valence electrons. The van der Waals surface area contributed by atoms with Crippen LogP contribution in [0.2, 0.25) is 0 Å². The van der Waals surface area contributed by atoms with Crippen LogP contribution < -0.4 is 11.1 Å². The minimum atomic E-state index is 0.421. The van der Waals surface area contributed by atoms with E-state index in [-0.39, 0.29) is 0 Å². The van der Waals surface area contributed by atoms with Crippen molar-refractivity contribution in [3.05, 3.63) is 42.0 Å². The van der Waals surface area contributed by atoms with Gasteiger partial charge in [0, 0.05) is 5.69 Å². The molecular weight excluding hydrogens is 188 g/mol. The van der Waals surface area contributed by atoms with E-state index in [0.29, 0.717) is 11.6 Å². The SMILES string of the molecule is Cc1cccc(Nc2ccc(N)nn2)c1. The molecule has 0 fully saturated rings. The monoisotopic (exact) mass is 200 g/mol. The zero-order valence-corrected chi connectivity index (χ0v) is 8.44. The first-order valence-electron chi connectivity index (χ1n) is 4.67. The zero-order valence-electron chi connectivity index (χ0n) is 8.44. The normalized spacial score (nSPS) is 9.93. The van der Waals surface area contributed by atoms with Crippen LogP contribution in [0.1, 0.15) is 5.56 Å². The molecule has 1 heterocycles. The summed E-state index contributed by atoms with van der Waals surface area (Å²) in [7, 11) is 0. The summed E-state index contributed by atoms with van der Waals surface area (Å²) in [6.45, 7) is 2.04. The maximum Gasteiger partial charge on any atom is 0.153 e. The van der Waals surface area contributed by atoms with Crippen molar-refractivity contribution in [2.75, 3.05) is 11.1 Å². The molecule has 1 aromatic carbocycles. The first-order valence-corrected chi connectivity index (χ1v) is 4.67. The molecule has 0 aliphatic heterocycles. The standard InChI is InChI=1S/C11H12N4/c1-8-3-2-4-9(7-8)13-11-6-5-10(12)14-15-11/h2-7H,1H3,(H2,12,14)(H,13,15). The Morgan fingerprint density at radius 1 is 1.13 bits per heavy atom. The number of nitrogens with one attached hydrogen (secondary N) is 1. The highest BCUT2D eigenvalue weighted by atomic mass is 15.2. The fraction of sp³-hybridized carbons (Fsp3) is 0.0909. The van der Waals surface area contributed by atoms with Crippen LogP contribution in [0.4, 0.5) is 17.3 Å². The molecule has 15 heavy (non-hydrogen) atoms. The van der Waals surface area contributed by atoms with Crippen LogP contribution in [0.15, 0.2) is 36.4 Å². The predicted octanol–water partition coefficient (Wildman–Crippen LogP) is 2.11. The molecule has 1 aromatic heterocycles. The van der Waals surface area contributed by atoms with E-state index in [0.717, 1.165) is 5.69 Å². The van der Waals surface area contributed by atoms with Gasteiger partial charge in [0.05, 0.1) is 0 Å². The Morgan fingerprint density at radius 3 is 2.67 bits per heavy atom. The second kappa shape index (κ2) is 3.96. The number of nitrogen functional groups attached to an aromatic ring is 1. The Kier molecular flexibility index (Phi) is 2.49. The summed E-state index contributed by atoms with van der Waals surface area (Å²) in [6.07, 6.45) is 0. The van der Waals surface area contributed by atoms with Gasteiger partial charge in [0.1, 0.15) is 5.82 Å². The number of hydrogen-bond donors (Lipinski definition) is 2. The summed E-state index contributed by atoms with van der Waals surface area (Å²) < 4.78 is 0. The van der Waals surface area contributed by atoms with Crippen LogP contribution in [0.25, 0.3) is 0 Å². The second-order valence-electron chi connectivity index (χ2n) is 3.34. The van der Waals surface area contributed by atoms with Crippen molar-refractivity contribution in [2.45, 2.75) is 6.92 Å². The molecule has 0 aliphatic rings. The molecule has 0 spiro atoms. The van der Waals surface area contributed by atoms with E-state index in [1.165, 1.54) is 5.56 Å². The van der Waals surface area contributed by atoms with Crippen molar-refractivity contribution in [3.8, 4) is 0 Å². The lowest BCUT2D eigenvalue weighted by Crippen LogP contribution is -1.98. The van der Waals surface area contributed by atoms with Gasteiger partial charge in [-0.15, -0.1) is 10.2 Å². The van der Waals surface area contributed by atoms with Gasteiger partial charge in [0.2, 0.25) is 0 Å². The maximum atomic E-state index is 5.44. The third kappa shape index (κ3) is 2.43. The first kappa shape index (κ1) is 9.45. The molecule has 0 aliphatic carbocycles. The summed E-state index contributed by atoms with van der Waals surface area (Å²) in [5.74, 6) is 1.11. The fourth-order valence-corrected chi connectivity index (χ4v) is 1.28. The van der Waals surface area contributed by atoms with Gasteiger partial charge in [-0.05, 0) is 36.8 Å². The van der Waals surface area contributed by atoms with Crippen molar-refractivity contribution in [1.29, 1.82) is 0 Å². The Labute approximate surface area is 88.2 Å². The van der Waals surface area contributed by atoms with Crippen LogP contribution >= 0.6 is 0 Å². The number of nitrogens with two attached hydrogens (primary N) is 1. The minimum absolute atomic E-state index is 0.421. The molecule has 0 saturated heterocycles. The molecule has 3 N–H and O–H groups in total. The number of nitrogens with zero attached hydrogens (tertiary/aromatic N) is 2. The Bertz CT molecular complexity index is 450. The van der Waals surface area contributed by atoms with Gasteiger partial charge in [-0.2, -0.15) is 0 Å². The van der Waals surface area contributed by atoms with E-state index < -0.39 is 0 Å². The molecule has 4 heteroatoms. The summed E-state index contributed by atoms with van der Waals surface area (Å²) in [4.78, 5) is 0. The molecule has 0 unspecified atom stereocenters. The average molecular weight is 200 g/mol. The topological polar surface area (TPSA) is 63.8 Å². The lowest BCUT2D eigenvalue weighted by molar-refractivity contribution is 1.05. The van der Waals surface area contributed by atoms with Crippen molar-refractivity contribution >= 4 is 17.3 Å². The number of aryl methyl sites for hydroxylation is 1. The number of hydrogen-bond acceptors (Lipinski definition) is 4. The smallest absolute Gasteiger partial charge is 0.153 e. The van der Waals surface area contributed by atoms with E-state index in [9.17, 15) is 0 Å². The molecule has 0 saturated carbocycles. The maximum absolute atomic E-state index is 5.44. The van der Waals surface area contributed by atoms with Crippen LogP contribution in [0.5, 0.6) is 0 Å². The van der Waals surface area contributed by atoms with Gasteiger partial charge < -0.3 is 11.1 Å². The van der Waals surface area contributed by atoms with Crippen LogP contribution in [0, 0.1) is 6.92 Å². The summed E-state index contributed by atoms with van der Waals surface area (Å²) in [5.41, 5.74) is 7.63. The van der Waals surface area contributed by atoms with Gasteiger partial charge >= 0.3 is 0 Å². The Balaban J connectivity index is 2.18. The molecule has 0 atom stereocenters. The first-order chi connectivity index (χ1) is 7.24. The lowest BCUT2D eigenvalue weighted by atomic mass is 10.2. The number of benzene rings is 1. The number of rotatable bonds is 2. The van der Waals surface area contributed by atoms with Gasteiger partial charge in [0.15, 0.2) is 5.82 Å². The molecular formula is C11H12N4. The quantitative estimate of drug-likeness (QED) is 0.779. The Morgan fingerprint density at radius 2 is 2.00 bits per heavy atom. The van der Waals surface area contributed by atoms with Crippen LogP contribution in [0.3, 0.4) is 0 Å². The van der Waals surface area contributed by atoms with Crippen molar-refractivity contribution in [3.63, 3.8) is 0 Å². The second-order valence-corrected chi connectivity index (χ2v) is 3.34. The predicted molar refractivity (Wildman–Crippen MR) is 60.9 cm³/mol. The minimum Gasteiger partial charge on any atom is -0.382 e. The highest BCUT2D eigenvalue weighted by Crippen LogP contribution is 2.15. The average Bonchev–Trinajstić information content (AvgIpc) is 2.22. The third-order valence-electron chi connectivity index (χ3n) is 1.98. The van der Waals surface area contributed by atoms with E-state index in [1.54, 1.807) is 12.1 Å². The molecule has 2 aromatic rings. The largest absolute Gasteiger partial charge is 0.382 e. The fourth-order valence-electron chi connectivity index (χ4n) is 1.28. The molecule has 4 nitrogen and oxygen atoms in total. The van der Waals surface area contributed by atoms with Gasteiger partial charge in [-0.25, -0.2) is 0 Å². The van der Waals surface area contributed by atoms with E-state index >= 15 is 0 Å². The Hall–Kier alpha value is -2.10. The lowest BCUT2D eigenvalue weighted by Gasteiger charge is -2.05. The molecule has 0 bridgehead atoms. The van der Waals surface area contributed by atoms with Gasteiger partial charge in [-0.3, -0.25) is 0 Å². The van der Waals surface area contributed by atoms with Crippen LogP contribution in [-0.2, 0) is 0 Å². The molecule has 0 amide bonds. The highest BCUT2D eigenvalue weighted by molar-refractivity contribution is 5.56. The van der Waals surface area contributed by atoms with E-state index in [4.69, 9.17) is 5.73 Å². The van der Waals surface area contributed by atoms with Crippen molar-refractivity contribution in [1.82, 2.24) is 10.2 Å². The van der Waals surface area contributed by atoms with Gasteiger partial charge in [-0.1, -0.05) is 12.1 Å². The van der Waals surface area contributed by atoms with Crippen LogP contribution in [-0.4, -0.2) is 10.2 Å². The summed E-state index contributed by atoms with van der Waals surface area (Å²) in [6, 6.07) is 11.6. The summed E-state index contributed by atoms with van der Waals surface area (Å²) in [5, 5.41) is 10.8. The molecule has 2 rings (SSSR count). The number of aromatic nitrogens is 2.